The minimum atomic E-state index is -3.73. The molecule has 1 amide bonds. The normalized spacial score (nSPS) is 18.6. The van der Waals surface area contributed by atoms with Gasteiger partial charge < -0.3 is 29.7 Å². The second-order valence-corrected chi connectivity index (χ2v) is 12.0. The summed E-state index contributed by atoms with van der Waals surface area (Å²) in [4.78, 5) is 22.1. The third kappa shape index (κ3) is 6.53. The van der Waals surface area contributed by atoms with Gasteiger partial charge in [0.15, 0.2) is 11.6 Å². The van der Waals surface area contributed by atoms with E-state index in [1.165, 1.54) is 18.9 Å². The molecule has 1 spiro atoms. The Balaban J connectivity index is 1.41. The molecular weight excluding hydrogens is 529 g/mol. The Morgan fingerprint density at radius 1 is 1.08 bits per heavy atom. The van der Waals surface area contributed by atoms with E-state index < -0.39 is 35.2 Å². The van der Waals surface area contributed by atoms with Gasteiger partial charge >= 0.3 is 0 Å². The highest BCUT2D eigenvalue weighted by molar-refractivity contribution is 7.92. The Hall–Kier alpha value is -3.16. The molecule has 212 valence electrons. The molecule has 0 bridgehead atoms. The standard InChI is InChI=1S/C26H34FN5O6S/c27-18-38-22-3-4-23(28-24(22)32-11-14-37-15-12-32)29-25(34)20-2-1-19(30-39(35,36)16-13-33)17-21(20)31-9-7-26(5-6-26)8-10-31/h1-4,17,30,33H,5-16,18H2,(H,28,29,34). The van der Waals surface area contributed by atoms with Gasteiger partial charge in [0.1, 0.15) is 5.82 Å². The quantitative estimate of drug-likeness (QED) is 0.399. The number of rotatable bonds is 10. The molecule has 1 aromatic carbocycles. The molecule has 2 aliphatic heterocycles. The van der Waals surface area contributed by atoms with E-state index in [-0.39, 0.29) is 11.6 Å². The first kappa shape index (κ1) is 27.4. The molecule has 3 fully saturated rings. The molecule has 1 aromatic heterocycles. The van der Waals surface area contributed by atoms with E-state index in [4.69, 9.17) is 14.6 Å². The molecule has 3 N–H and O–H groups in total. The summed E-state index contributed by atoms with van der Waals surface area (Å²) in [5, 5.41) is 11.9. The number of morpholine rings is 1. The molecule has 13 heteroatoms. The number of sulfonamides is 1. The number of hydrogen-bond donors (Lipinski definition) is 3. The molecule has 3 aliphatic rings. The number of nitrogens with one attached hydrogen (secondary N) is 2. The van der Waals surface area contributed by atoms with Crippen LogP contribution in [0.1, 0.15) is 36.0 Å². The number of halogens is 1. The lowest BCUT2D eigenvalue weighted by Gasteiger charge is -2.35. The summed E-state index contributed by atoms with van der Waals surface area (Å²) in [7, 11) is -3.73. The predicted octanol–water partition coefficient (Wildman–Crippen LogP) is 2.59. The number of aliphatic hydroxyl groups excluding tert-OH is 1. The maximum atomic E-state index is 13.5. The molecule has 3 heterocycles. The number of ether oxygens (including phenoxy) is 2. The third-order valence-electron chi connectivity index (χ3n) is 7.60. The van der Waals surface area contributed by atoms with Crippen molar-refractivity contribution in [1.82, 2.24) is 4.98 Å². The van der Waals surface area contributed by atoms with Gasteiger partial charge in [-0.15, -0.1) is 0 Å². The molecule has 2 aromatic rings. The molecule has 0 radical (unpaired) electrons. The number of pyridine rings is 1. The fourth-order valence-corrected chi connectivity index (χ4v) is 5.99. The second kappa shape index (κ2) is 11.5. The highest BCUT2D eigenvalue weighted by atomic mass is 32.2. The van der Waals surface area contributed by atoms with Gasteiger partial charge in [0.25, 0.3) is 5.91 Å². The Labute approximate surface area is 227 Å². The molecular formula is C26H34FN5O6S. The van der Waals surface area contributed by atoms with Crippen molar-refractivity contribution in [3.63, 3.8) is 0 Å². The van der Waals surface area contributed by atoms with E-state index in [1.807, 2.05) is 4.90 Å². The van der Waals surface area contributed by atoms with Crippen LogP contribution in [0.4, 0.5) is 27.4 Å². The lowest BCUT2D eigenvalue weighted by Crippen LogP contribution is -2.37. The van der Waals surface area contributed by atoms with Crippen molar-refractivity contribution in [2.75, 3.05) is 78.5 Å². The Bertz CT molecular complexity index is 1290. The summed E-state index contributed by atoms with van der Waals surface area (Å²) in [6.45, 7) is 2.15. The zero-order valence-corrected chi connectivity index (χ0v) is 22.5. The Morgan fingerprint density at radius 3 is 2.49 bits per heavy atom. The van der Waals surface area contributed by atoms with Crippen LogP contribution in [0, 0.1) is 5.41 Å². The van der Waals surface area contributed by atoms with Crippen molar-refractivity contribution in [3.05, 3.63) is 35.9 Å². The Morgan fingerprint density at radius 2 is 1.82 bits per heavy atom. The summed E-state index contributed by atoms with van der Waals surface area (Å²) in [5.41, 5.74) is 1.74. The number of piperidine rings is 1. The summed E-state index contributed by atoms with van der Waals surface area (Å²) in [5.74, 6) is 0.159. The van der Waals surface area contributed by atoms with Crippen LogP contribution >= 0.6 is 0 Å². The monoisotopic (exact) mass is 563 g/mol. The van der Waals surface area contributed by atoms with Crippen LogP contribution in [0.25, 0.3) is 0 Å². The number of hydrogen-bond acceptors (Lipinski definition) is 9. The van der Waals surface area contributed by atoms with E-state index in [9.17, 15) is 17.6 Å². The second-order valence-electron chi connectivity index (χ2n) is 10.2. The van der Waals surface area contributed by atoms with E-state index in [1.54, 1.807) is 24.3 Å². The number of carbonyl (C=O) groups is 1. The van der Waals surface area contributed by atoms with Crippen LogP contribution < -0.4 is 24.6 Å². The van der Waals surface area contributed by atoms with Gasteiger partial charge in [-0.25, -0.2) is 17.8 Å². The van der Waals surface area contributed by atoms with Gasteiger partial charge in [-0.2, -0.15) is 0 Å². The zero-order valence-electron chi connectivity index (χ0n) is 21.7. The van der Waals surface area contributed by atoms with E-state index in [0.29, 0.717) is 54.5 Å². The third-order valence-corrected chi connectivity index (χ3v) is 8.87. The van der Waals surface area contributed by atoms with Gasteiger partial charge in [0.05, 0.1) is 42.5 Å². The number of anilines is 4. The topological polar surface area (TPSA) is 133 Å². The first-order valence-corrected chi connectivity index (χ1v) is 14.8. The van der Waals surface area contributed by atoms with Gasteiger partial charge in [-0.3, -0.25) is 9.52 Å². The average molecular weight is 564 g/mol. The van der Waals surface area contributed by atoms with Crippen LogP contribution in [0.2, 0.25) is 0 Å². The first-order valence-electron chi connectivity index (χ1n) is 13.2. The molecule has 1 saturated carbocycles. The predicted molar refractivity (Wildman–Crippen MR) is 146 cm³/mol. The number of alkyl halides is 1. The molecule has 1 aliphatic carbocycles. The first-order chi connectivity index (χ1) is 18.8. The number of aliphatic hydroxyl groups is 1. The van der Waals surface area contributed by atoms with E-state index in [2.05, 4.69) is 19.9 Å². The van der Waals surface area contributed by atoms with Gasteiger partial charge in [-0.1, -0.05) is 0 Å². The maximum Gasteiger partial charge on any atom is 0.258 e. The molecule has 2 saturated heterocycles. The van der Waals surface area contributed by atoms with Gasteiger partial charge in [0.2, 0.25) is 16.9 Å². The summed E-state index contributed by atoms with van der Waals surface area (Å²) >= 11 is 0. The SMILES string of the molecule is O=C(Nc1ccc(OCF)c(N2CCOCC2)n1)c1ccc(NS(=O)(=O)CCO)cc1N1CCC2(CC1)CC2. The maximum absolute atomic E-state index is 13.5. The number of carbonyl (C=O) groups excluding carboxylic acids is 1. The fraction of sp³-hybridized carbons (Fsp3) is 0.538. The number of amides is 1. The highest BCUT2D eigenvalue weighted by Crippen LogP contribution is 2.54. The van der Waals surface area contributed by atoms with Crippen LogP contribution in [0.3, 0.4) is 0 Å². The lowest BCUT2D eigenvalue weighted by atomic mass is 9.93. The zero-order chi connectivity index (χ0) is 27.5. The van der Waals surface area contributed by atoms with E-state index in [0.717, 1.165) is 25.9 Å². The summed E-state index contributed by atoms with van der Waals surface area (Å²) in [6, 6.07) is 7.92. The van der Waals surface area contributed by atoms with E-state index >= 15 is 0 Å². The molecule has 0 atom stereocenters. The van der Waals surface area contributed by atoms with Crippen LogP contribution in [0.15, 0.2) is 30.3 Å². The summed E-state index contributed by atoms with van der Waals surface area (Å²) < 4.78 is 50.5. The minimum absolute atomic E-state index is 0.278. The molecule has 39 heavy (non-hydrogen) atoms. The van der Waals surface area contributed by atoms with Crippen molar-refractivity contribution < 1.29 is 32.2 Å². The average Bonchev–Trinajstić information content (AvgIpc) is 3.68. The van der Waals surface area contributed by atoms with Crippen LogP contribution in [0.5, 0.6) is 5.75 Å². The largest absolute Gasteiger partial charge is 0.459 e. The van der Waals surface area contributed by atoms with Crippen LogP contribution in [-0.4, -0.2) is 83.0 Å². The van der Waals surface area contributed by atoms with Crippen molar-refractivity contribution in [2.45, 2.75) is 25.7 Å². The van der Waals surface area contributed by atoms with Crippen molar-refractivity contribution in [1.29, 1.82) is 0 Å². The van der Waals surface area contributed by atoms with Crippen molar-refractivity contribution in [2.24, 2.45) is 5.41 Å². The van der Waals surface area contributed by atoms with Gasteiger partial charge in [-0.05, 0) is 61.4 Å². The summed E-state index contributed by atoms with van der Waals surface area (Å²) in [6.07, 6.45) is 4.51. The minimum Gasteiger partial charge on any atom is -0.459 e. The smallest absolute Gasteiger partial charge is 0.258 e. The van der Waals surface area contributed by atoms with Crippen LogP contribution in [-0.2, 0) is 14.8 Å². The lowest BCUT2D eigenvalue weighted by molar-refractivity contribution is 0.102. The Kier molecular flexibility index (Phi) is 8.10. The highest BCUT2D eigenvalue weighted by Gasteiger charge is 2.44. The number of nitrogens with zero attached hydrogens (tertiary/aromatic N) is 3. The molecule has 5 rings (SSSR count). The number of aromatic nitrogens is 1. The number of benzene rings is 1. The molecule has 11 nitrogen and oxygen atoms in total. The fourth-order valence-electron chi connectivity index (χ4n) is 5.16. The van der Waals surface area contributed by atoms with Crippen molar-refractivity contribution in [3.8, 4) is 5.75 Å². The van der Waals surface area contributed by atoms with Crippen molar-refractivity contribution >= 4 is 38.9 Å². The molecule has 0 unspecified atom stereocenters. The van der Waals surface area contributed by atoms with Gasteiger partial charge in [0, 0.05) is 26.2 Å².